The van der Waals surface area contributed by atoms with Crippen molar-refractivity contribution < 1.29 is 19.5 Å². The van der Waals surface area contributed by atoms with Gasteiger partial charge in [0.1, 0.15) is 11.6 Å². The average molecular weight is 567 g/mol. The van der Waals surface area contributed by atoms with Gasteiger partial charge >= 0.3 is 0 Å². The molecule has 7 atom stereocenters. The van der Waals surface area contributed by atoms with Gasteiger partial charge in [-0.25, -0.2) is 0 Å². The molecular weight excluding hydrogens is 508 g/mol. The molecule has 4 nitrogen and oxygen atoms in total. The van der Waals surface area contributed by atoms with E-state index in [-0.39, 0.29) is 52.4 Å². The van der Waals surface area contributed by atoms with Gasteiger partial charge in [-0.05, 0) is 85.2 Å². The second-order valence-corrected chi connectivity index (χ2v) is 14.1. The molecule has 4 heteroatoms. The van der Waals surface area contributed by atoms with Crippen LogP contribution < -0.4 is 0 Å². The third-order valence-electron chi connectivity index (χ3n) is 11.3. The van der Waals surface area contributed by atoms with Crippen molar-refractivity contribution in [1.29, 1.82) is 0 Å². The van der Waals surface area contributed by atoms with Crippen LogP contribution in [-0.4, -0.2) is 28.1 Å². The van der Waals surface area contributed by atoms with Crippen molar-refractivity contribution in [3.05, 3.63) is 36.0 Å². The predicted molar refractivity (Wildman–Crippen MR) is 168 cm³/mol. The van der Waals surface area contributed by atoms with Crippen LogP contribution in [0.4, 0.5) is 0 Å². The van der Waals surface area contributed by atoms with E-state index in [0.717, 1.165) is 56.9 Å². The number of carbonyl (C=O) groups excluding carboxylic acids is 3. The Morgan fingerprint density at radius 2 is 1.78 bits per heavy atom. The smallest absolute Gasteiger partial charge is 0.155 e. The molecule has 41 heavy (non-hydrogen) atoms. The Kier molecular flexibility index (Phi) is 11.6. The van der Waals surface area contributed by atoms with Crippen molar-refractivity contribution in [1.82, 2.24) is 0 Å². The molecule has 0 saturated heterocycles. The van der Waals surface area contributed by atoms with Crippen molar-refractivity contribution >= 4 is 17.3 Å². The van der Waals surface area contributed by atoms with Crippen LogP contribution in [0.5, 0.6) is 0 Å². The van der Waals surface area contributed by atoms with Crippen molar-refractivity contribution in [2.75, 3.05) is 0 Å². The zero-order chi connectivity index (χ0) is 30.5. The van der Waals surface area contributed by atoms with Crippen LogP contribution in [0.2, 0.25) is 0 Å². The minimum absolute atomic E-state index is 0.0380. The number of hydrogen-bond donors (Lipinski definition) is 1. The summed E-state index contributed by atoms with van der Waals surface area (Å²) in [5.74, 6) is 0.745. The van der Waals surface area contributed by atoms with Crippen LogP contribution in [0, 0.1) is 46.8 Å². The first-order valence-corrected chi connectivity index (χ1v) is 16.7. The van der Waals surface area contributed by atoms with Gasteiger partial charge in [0.05, 0.1) is 5.60 Å². The topological polar surface area (TPSA) is 71.4 Å². The van der Waals surface area contributed by atoms with E-state index in [1.54, 1.807) is 6.92 Å². The Labute approximate surface area is 250 Å². The maximum Gasteiger partial charge on any atom is 0.155 e. The van der Waals surface area contributed by atoms with E-state index in [1.165, 1.54) is 6.42 Å². The molecule has 0 radical (unpaired) electrons. The zero-order valence-electron chi connectivity index (χ0n) is 27.1. The maximum atomic E-state index is 14.1. The van der Waals surface area contributed by atoms with Gasteiger partial charge < -0.3 is 5.11 Å². The van der Waals surface area contributed by atoms with E-state index in [0.29, 0.717) is 36.7 Å². The lowest BCUT2D eigenvalue weighted by Gasteiger charge is -2.46. The fourth-order valence-corrected chi connectivity index (χ4v) is 8.91. The molecule has 3 fully saturated rings. The number of Topliss-reactive ketones (excluding diaryl/α,β-unsaturated/α-hetero) is 3. The molecule has 0 aromatic heterocycles. The first-order valence-electron chi connectivity index (χ1n) is 16.7. The van der Waals surface area contributed by atoms with Gasteiger partial charge in [0.15, 0.2) is 5.78 Å². The van der Waals surface area contributed by atoms with Crippen molar-refractivity contribution in [2.24, 2.45) is 46.8 Å². The summed E-state index contributed by atoms with van der Waals surface area (Å²) in [7, 11) is 0. The zero-order valence-corrected chi connectivity index (χ0v) is 27.1. The minimum Gasteiger partial charge on any atom is -0.390 e. The number of carbonyl (C=O) groups is 3. The van der Waals surface area contributed by atoms with E-state index >= 15 is 0 Å². The molecular formula is C37H58O4. The Morgan fingerprint density at radius 3 is 2.34 bits per heavy atom. The largest absolute Gasteiger partial charge is 0.390 e. The van der Waals surface area contributed by atoms with E-state index in [2.05, 4.69) is 45.6 Å². The summed E-state index contributed by atoms with van der Waals surface area (Å²) in [6.45, 7) is 18.1. The second-order valence-electron chi connectivity index (χ2n) is 14.1. The second kappa shape index (κ2) is 14.1. The van der Waals surface area contributed by atoms with Gasteiger partial charge in [-0.2, -0.15) is 0 Å². The number of ketones is 3. The maximum absolute atomic E-state index is 14.1. The molecule has 0 amide bonds. The summed E-state index contributed by atoms with van der Waals surface area (Å²) in [5.41, 5.74) is 0.659. The molecule has 4 aliphatic carbocycles. The molecule has 0 spiro atoms. The average Bonchev–Trinajstić information content (AvgIpc) is 3.37. The third-order valence-corrected chi connectivity index (χ3v) is 11.3. The first-order chi connectivity index (χ1) is 19.4. The highest BCUT2D eigenvalue weighted by atomic mass is 16.3. The summed E-state index contributed by atoms with van der Waals surface area (Å²) < 4.78 is 0. The van der Waals surface area contributed by atoms with Gasteiger partial charge in [-0.3, -0.25) is 14.4 Å². The van der Waals surface area contributed by atoms with Crippen LogP contribution in [0.15, 0.2) is 36.0 Å². The van der Waals surface area contributed by atoms with Crippen molar-refractivity contribution in [3.8, 4) is 0 Å². The Bertz CT molecular complexity index is 1020. The molecule has 3 saturated carbocycles. The van der Waals surface area contributed by atoms with Gasteiger partial charge in [-0.15, -0.1) is 0 Å². The number of allylic oxidation sites excluding steroid dienone is 5. The fraction of sp³-hybridized carbons (Fsp3) is 0.757. The van der Waals surface area contributed by atoms with Crippen LogP contribution in [0.25, 0.3) is 0 Å². The number of fused-ring (bicyclic) bond motifs is 1. The van der Waals surface area contributed by atoms with E-state index in [4.69, 9.17) is 0 Å². The van der Waals surface area contributed by atoms with Crippen LogP contribution >= 0.6 is 0 Å². The minimum atomic E-state index is -1.08. The lowest BCUT2D eigenvalue weighted by molar-refractivity contribution is -0.141. The van der Waals surface area contributed by atoms with Gasteiger partial charge in [0, 0.05) is 25.2 Å². The molecule has 0 aromatic carbocycles. The van der Waals surface area contributed by atoms with E-state index in [1.807, 2.05) is 20.8 Å². The summed E-state index contributed by atoms with van der Waals surface area (Å²) in [6.07, 6.45) is 16.5. The highest BCUT2D eigenvalue weighted by Crippen LogP contribution is 2.73. The normalized spacial score (nSPS) is 29.3. The highest BCUT2D eigenvalue weighted by Gasteiger charge is 2.71. The van der Waals surface area contributed by atoms with Crippen LogP contribution in [-0.2, 0) is 14.4 Å². The van der Waals surface area contributed by atoms with Crippen molar-refractivity contribution in [2.45, 2.75) is 131 Å². The number of rotatable bonds is 14. The lowest BCUT2D eigenvalue weighted by atomic mass is 9.61. The molecule has 0 bridgehead atoms. The Hall–Kier alpha value is -1.81. The lowest BCUT2D eigenvalue weighted by Crippen LogP contribution is -2.51. The molecule has 0 heterocycles. The SMILES string of the molecule is C=C(C(C)=O)C(CCC)CC(=O)C1C2C(CC1C(C)(O)C(CC(=O)CC1=CCC=C1)C1CCCCC1)C2(C)C.CC. The van der Waals surface area contributed by atoms with Gasteiger partial charge in [0.2, 0.25) is 0 Å². The van der Waals surface area contributed by atoms with E-state index < -0.39 is 5.60 Å². The van der Waals surface area contributed by atoms with E-state index in [9.17, 15) is 19.5 Å². The van der Waals surface area contributed by atoms with Gasteiger partial charge in [0.25, 0.3) is 0 Å². The van der Waals surface area contributed by atoms with Crippen LogP contribution in [0.3, 0.4) is 0 Å². The number of aliphatic hydroxyl groups is 1. The molecule has 230 valence electrons. The van der Waals surface area contributed by atoms with Crippen LogP contribution in [0.1, 0.15) is 126 Å². The molecule has 1 N–H and O–H groups in total. The monoisotopic (exact) mass is 566 g/mol. The quantitative estimate of drug-likeness (QED) is 0.214. The third kappa shape index (κ3) is 7.40. The molecule has 4 aliphatic rings. The van der Waals surface area contributed by atoms with Crippen molar-refractivity contribution in [3.63, 3.8) is 0 Å². The molecule has 4 rings (SSSR count). The summed E-state index contributed by atoms with van der Waals surface area (Å²) in [6, 6.07) is 0. The molecule has 0 aromatic rings. The number of hydrogen-bond acceptors (Lipinski definition) is 4. The first kappa shape index (κ1) is 33.7. The summed E-state index contributed by atoms with van der Waals surface area (Å²) >= 11 is 0. The summed E-state index contributed by atoms with van der Waals surface area (Å²) in [5, 5.41) is 12.5. The molecule has 0 aliphatic heterocycles. The molecule has 7 unspecified atom stereocenters. The Morgan fingerprint density at radius 1 is 1.12 bits per heavy atom. The summed E-state index contributed by atoms with van der Waals surface area (Å²) in [4.78, 5) is 39.7. The highest BCUT2D eigenvalue weighted by molar-refractivity contribution is 5.94. The standard InChI is InChI=1S/C35H52O4.C2H6/c1-7-13-26(22(2)23(3)36)19-31(38)32-29(21-30-33(32)34(30,4)5)35(6,39)28(25-16-9-8-10-17-25)20-27(37)18-24-14-11-12-15-24;1-2/h11,14-15,25-26,28-30,32-33,39H,2,7-10,12-13,16-21H2,1,3-6H3;1-2H3. The Balaban J connectivity index is 0.00000226. The van der Waals surface area contributed by atoms with Gasteiger partial charge in [-0.1, -0.05) is 98.0 Å². The predicted octanol–water partition coefficient (Wildman–Crippen LogP) is 8.62. The fourth-order valence-electron chi connectivity index (χ4n) is 8.91.